The molecule has 2 rings (SSSR count). The van der Waals surface area contributed by atoms with E-state index in [0.29, 0.717) is 16.7 Å². The van der Waals surface area contributed by atoms with Crippen LogP contribution in [0.1, 0.15) is 17.2 Å². The molecule has 0 aliphatic carbocycles. The van der Waals surface area contributed by atoms with E-state index in [2.05, 4.69) is 26.3 Å². The fourth-order valence-electron chi connectivity index (χ4n) is 1.85. The van der Waals surface area contributed by atoms with Gasteiger partial charge >= 0.3 is 0 Å². The minimum Gasteiger partial charge on any atom is -0.383 e. The molecule has 0 bridgehead atoms. The molecule has 1 aromatic carbocycles. The van der Waals surface area contributed by atoms with Crippen molar-refractivity contribution in [3.63, 3.8) is 0 Å². The molecular formula is C13H14BrFN4. The highest BCUT2D eigenvalue weighted by atomic mass is 79.9. The molecule has 0 aliphatic rings. The summed E-state index contributed by atoms with van der Waals surface area (Å²) in [6.07, 6.45) is 2.21. The molecule has 0 aliphatic heterocycles. The van der Waals surface area contributed by atoms with E-state index in [1.165, 1.54) is 6.07 Å². The predicted molar refractivity (Wildman–Crippen MR) is 76.5 cm³/mol. The monoisotopic (exact) mass is 324 g/mol. The van der Waals surface area contributed by atoms with Gasteiger partial charge in [0, 0.05) is 6.20 Å². The molecule has 0 fully saturated rings. The summed E-state index contributed by atoms with van der Waals surface area (Å²) < 4.78 is 13.6. The van der Waals surface area contributed by atoms with Crippen LogP contribution in [0.2, 0.25) is 0 Å². The molecule has 19 heavy (non-hydrogen) atoms. The summed E-state index contributed by atoms with van der Waals surface area (Å²) in [5.41, 5.74) is 10.3. The molecule has 1 unspecified atom stereocenters. The normalized spacial score (nSPS) is 12.4. The Morgan fingerprint density at radius 3 is 2.79 bits per heavy atom. The number of hydrogen-bond acceptors (Lipinski definition) is 4. The van der Waals surface area contributed by atoms with Crippen molar-refractivity contribution in [1.82, 2.24) is 10.4 Å². The Hall–Kier alpha value is -1.50. The van der Waals surface area contributed by atoms with Crippen molar-refractivity contribution in [2.24, 2.45) is 5.84 Å². The maximum Gasteiger partial charge on any atom is 0.137 e. The van der Waals surface area contributed by atoms with Crippen LogP contribution in [0.15, 0.2) is 41.0 Å². The van der Waals surface area contributed by atoms with Gasteiger partial charge in [0.25, 0.3) is 0 Å². The lowest BCUT2D eigenvalue weighted by molar-refractivity contribution is 0.548. The minimum atomic E-state index is -0.305. The molecule has 1 aromatic heterocycles. The van der Waals surface area contributed by atoms with Gasteiger partial charge in [0.15, 0.2) is 0 Å². The number of hydrazine groups is 1. The third kappa shape index (κ3) is 3.28. The molecule has 0 radical (unpaired) electrons. The molecule has 0 spiro atoms. The van der Waals surface area contributed by atoms with Crippen LogP contribution in [0.25, 0.3) is 0 Å². The van der Waals surface area contributed by atoms with E-state index < -0.39 is 0 Å². The van der Waals surface area contributed by atoms with E-state index in [9.17, 15) is 4.39 Å². The number of aromatic nitrogens is 1. The van der Waals surface area contributed by atoms with Gasteiger partial charge in [0.1, 0.15) is 11.6 Å². The second kappa shape index (κ2) is 6.10. The average molecular weight is 325 g/mol. The summed E-state index contributed by atoms with van der Waals surface area (Å²) in [5, 5.41) is 0. The van der Waals surface area contributed by atoms with Gasteiger partial charge in [-0.15, -0.1) is 0 Å². The van der Waals surface area contributed by atoms with Gasteiger partial charge in [-0.1, -0.05) is 12.1 Å². The molecule has 5 N–H and O–H groups in total. The number of hydrogen-bond donors (Lipinski definition) is 3. The number of nitrogens with two attached hydrogens (primary N) is 2. The SMILES string of the molecule is NNC(Cc1cccnc1N)c1ccc(F)c(Br)c1. The maximum absolute atomic E-state index is 13.2. The van der Waals surface area contributed by atoms with Crippen LogP contribution in [0, 0.1) is 5.82 Å². The highest BCUT2D eigenvalue weighted by Gasteiger charge is 2.14. The molecule has 0 saturated heterocycles. The number of nitrogen functional groups attached to an aromatic ring is 1. The van der Waals surface area contributed by atoms with E-state index >= 15 is 0 Å². The molecule has 0 saturated carbocycles. The maximum atomic E-state index is 13.2. The summed E-state index contributed by atoms with van der Waals surface area (Å²) in [6.45, 7) is 0. The minimum absolute atomic E-state index is 0.164. The van der Waals surface area contributed by atoms with Gasteiger partial charge in [0.05, 0.1) is 10.5 Å². The van der Waals surface area contributed by atoms with Crippen molar-refractivity contribution in [3.8, 4) is 0 Å². The molecule has 0 amide bonds. The lowest BCUT2D eigenvalue weighted by atomic mass is 10.00. The Balaban J connectivity index is 2.25. The average Bonchev–Trinajstić information content (AvgIpc) is 2.41. The predicted octanol–water partition coefficient (Wildman–Crippen LogP) is 2.31. The van der Waals surface area contributed by atoms with Crippen LogP contribution in [-0.2, 0) is 6.42 Å². The smallest absolute Gasteiger partial charge is 0.137 e. The van der Waals surface area contributed by atoms with Crippen molar-refractivity contribution in [2.45, 2.75) is 12.5 Å². The zero-order chi connectivity index (χ0) is 13.8. The third-order valence-electron chi connectivity index (χ3n) is 2.90. The van der Waals surface area contributed by atoms with Crippen LogP contribution in [0.3, 0.4) is 0 Å². The summed E-state index contributed by atoms with van der Waals surface area (Å²) in [7, 11) is 0. The van der Waals surface area contributed by atoms with Crippen molar-refractivity contribution in [1.29, 1.82) is 0 Å². The number of benzene rings is 1. The van der Waals surface area contributed by atoms with E-state index in [1.54, 1.807) is 18.3 Å². The topological polar surface area (TPSA) is 77.0 Å². The number of nitrogens with one attached hydrogen (secondary N) is 1. The quantitative estimate of drug-likeness (QED) is 0.595. The molecule has 6 heteroatoms. The molecule has 1 heterocycles. The zero-order valence-electron chi connectivity index (χ0n) is 10.1. The second-order valence-electron chi connectivity index (χ2n) is 4.14. The van der Waals surface area contributed by atoms with Crippen molar-refractivity contribution in [3.05, 3.63) is 57.9 Å². The van der Waals surface area contributed by atoms with Crippen molar-refractivity contribution < 1.29 is 4.39 Å². The van der Waals surface area contributed by atoms with Gasteiger partial charge < -0.3 is 5.73 Å². The van der Waals surface area contributed by atoms with Crippen molar-refractivity contribution in [2.75, 3.05) is 5.73 Å². The van der Waals surface area contributed by atoms with Crippen LogP contribution in [-0.4, -0.2) is 4.98 Å². The van der Waals surface area contributed by atoms with Gasteiger partial charge in [-0.25, -0.2) is 9.37 Å². The van der Waals surface area contributed by atoms with E-state index in [4.69, 9.17) is 11.6 Å². The zero-order valence-corrected chi connectivity index (χ0v) is 11.7. The standard InChI is InChI=1S/C13H14BrFN4/c14-10-6-8(3-4-11(10)15)12(19-17)7-9-2-1-5-18-13(9)16/h1-6,12,19H,7,17H2,(H2,16,18). The second-order valence-corrected chi connectivity index (χ2v) is 5.00. The highest BCUT2D eigenvalue weighted by molar-refractivity contribution is 9.10. The first-order valence-corrected chi connectivity index (χ1v) is 6.51. The molecule has 2 aromatic rings. The Morgan fingerprint density at radius 1 is 1.37 bits per heavy atom. The molecule has 1 atom stereocenters. The number of pyridine rings is 1. The van der Waals surface area contributed by atoms with Gasteiger partial charge in [-0.2, -0.15) is 0 Å². The molecule has 4 nitrogen and oxygen atoms in total. The number of nitrogens with zero attached hydrogens (tertiary/aromatic N) is 1. The summed E-state index contributed by atoms with van der Waals surface area (Å²) in [6, 6.07) is 8.34. The third-order valence-corrected chi connectivity index (χ3v) is 3.51. The number of rotatable bonds is 4. The first-order chi connectivity index (χ1) is 9.11. The number of halogens is 2. The fourth-order valence-corrected chi connectivity index (χ4v) is 2.24. The summed E-state index contributed by atoms with van der Waals surface area (Å²) in [4.78, 5) is 4.03. The summed E-state index contributed by atoms with van der Waals surface area (Å²) in [5.74, 6) is 5.74. The van der Waals surface area contributed by atoms with Crippen LogP contribution < -0.4 is 17.0 Å². The highest BCUT2D eigenvalue weighted by Crippen LogP contribution is 2.24. The lowest BCUT2D eigenvalue weighted by Gasteiger charge is -2.17. The van der Waals surface area contributed by atoms with Crippen LogP contribution >= 0.6 is 15.9 Å². The first-order valence-electron chi connectivity index (χ1n) is 5.72. The largest absolute Gasteiger partial charge is 0.383 e. The van der Waals surface area contributed by atoms with Gasteiger partial charge in [-0.3, -0.25) is 11.3 Å². The number of anilines is 1. The van der Waals surface area contributed by atoms with E-state index in [1.807, 2.05) is 12.1 Å². The van der Waals surface area contributed by atoms with E-state index in [-0.39, 0.29) is 11.9 Å². The first kappa shape index (κ1) is 13.9. The van der Waals surface area contributed by atoms with Crippen molar-refractivity contribution >= 4 is 21.7 Å². The van der Waals surface area contributed by atoms with Gasteiger partial charge in [-0.05, 0) is 51.7 Å². The van der Waals surface area contributed by atoms with Crippen LogP contribution in [0.4, 0.5) is 10.2 Å². The summed E-state index contributed by atoms with van der Waals surface area (Å²) >= 11 is 3.16. The van der Waals surface area contributed by atoms with E-state index in [0.717, 1.165) is 11.1 Å². The molecule has 100 valence electrons. The Bertz CT molecular complexity index is 576. The Kier molecular flexibility index (Phi) is 4.47. The van der Waals surface area contributed by atoms with Gasteiger partial charge in [0.2, 0.25) is 0 Å². The molecular weight excluding hydrogens is 311 g/mol. The fraction of sp³-hybridized carbons (Fsp3) is 0.154. The lowest BCUT2D eigenvalue weighted by Crippen LogP contribution is -2.29. The Morgan fingerprint density at radius 2 is 2.16 bits per heavy atom. The van der Waals surface area contributed by atoms with Crippen LogP contribution in [0.5, 0.6) is 0 Å². The Labute approximate surface area is 119 Å².